The Hall–Kier alpha value is -2.77. The first-order valence-corrected chi connectivity index (χ1v) is 8.91. The predicted molar refractivity (Wildman–Crippen MR) is 93.9 cm³/mol. The lowest BCUT2D eigenvalue weighted by molar-refractivity contribution is 0.0728. The number of nitrogens with zero attached hydrogens (tertiary/aromatic N) is 6. The molecule has 0 N–H and O–H groups in total. The molecule has 1 atom stereocenters. The van der Waals surface area contributed by atoms with E-state index in [2.05, 4.69) is 34.1 Å². The maximum Gasteiger partial charge on any atom is 0.273 e. The summed E-state index contributed by atoms with van der Waals surface area (Å²) in [6.45, 7) is 8.64. The number of likely N-dealkylation sites (tertiary alicyclic amines) is 1. The third-order valence-electron chi connectivity index (χ3n) is 5.03. The van der Waals surface area contributed by atoms with Crippen molar-refractivity contribution >= 4 is 11.7 Å². The zero-order valence-electron chi connectivity index (χ0n) is 15.4. The van der Waals surface area contributed by atoms with Gasteiger partial charge >= 0.3 is 0 Å². The standard InChI is InChI=1S/C18H22N6O2/c1-10(2)15-8-13(21-18-19-9-20-24(15)18)17(25)23-7-5-6-14(23)16-11(3)22-26-12(16)4/h8-10,14H,5-7H2,1-4H3/t14-/m0/s1. The first kappa shape index (κ1) is 16.7. The molecule has 0 aliphatic carbocycles. The van der Waals surface area contributed by atoms with Gasteiger partial charge in [-0.2, -0.15) is 10.1 Å². The second kappa shape index (κ2) is 6.19. The van der Waals surface area contributed by atoms with E-state index >= 15 is 0 Å². The summed E-state index contributed by atoms with van der Waals surface area (Å²) in [5.41, 5.74) is 3.19. The normalized spacial score (nSPS) is 17.6. The summed E-state index contributed by atoms with van der Waals surface area (Å²) < 4.78 is 7.01. The van der Waals surface area contributed by atoms with Crippen LogP contribution in [0.25, 0.3) is 5.78 Å². The largest absolute Gasteiger partial charge is 0.361 e. The fourth-order valence-corrected chi connectivity index (χ4v) is 3.78. The highest BCUT2D eigenvalue weighted by Crippen LogP contribution is 2.36. The van der Waals surface area contributed by atoms with Gasteiger partial charge in [0, 0.05) is 12.1 Å². The lowest BCUT2D eigenvalue weighted by Gasteiger charge is -2.24. The second-order valence-electron chi connectivity index (χ2n) is 7.09. The smallest absolute Gasteiger partial charge is 0.273 e. The lowest BCUT2D eigenvalue weighted by Crippen LogP contribution is -2.32. The highest BCUT2D eigenvalue weighted by atomic mass is 16.5. The average molecular weight is 354 g/mol. The molecule has 4 rings (SSSR count). The summed E-state index contributed by atoms with van der Waals surface area (Å²) in [7, 11) is 0. The van der Waals surface area contributed by atoms with E-state index in [1.165, 1.54) is 6.33 Å². The number of rotatable bonds is 3. The molecule has 3 aromatic heterocycles. The van der Waals surface area contributed by atoms with Gasteiger partial charge in [0.15, 0.2) is 0 Å². The van der Waals surface area contributed by atoms with Crippen molar-refractivity contribution in [3.63, 3.8) is 0 Å². The number of hydrogen-bond donors (Lipinski definition) is 0. The molecule has 3 aromatic rings. The minimum Gasteiger partial charge on any atom is -0.361 e. The number of carbonyl (C=O) groups excluding carboxylic acids is 1. The number of hydrogen-bond acceptors (Lipinski definition) is 6. The molecule has 1 aliphatic heterocycles. The van der Waals surface area contributed by atoms with E-state index in [-0.39, 0.29) is 17.9 Å². The third-order valence-corrected chi connectivity index (χ3v) is 5.03. The van der Waals surface area contributed by atoms with Crippen LogP contribution in [0.1, 0.15) is 71.8 Å². The van der Waals surface area contributed by atoms with Crippen LogP contribution in [0.15, 0.2) is 16.9 Å². The van der Waals surface area contributed by atoms with Crippen LogP contribution in [0, 0.1) is 13.8 Å². The van der Waals surface area contributed by atoms with E-state index in [9.17, 15) is 4.79 Å². The van der Waals surface area contributed by atoms with Gasteiger partial charge in [-0.3, -0.25) is 4.79 Å². The minimum atomic E-state index is -0.0834. The third kappa shape index (κ3) is 2.56. The van der Waals surface area contributed by atoms with Crippen LogP contribution in [-0.2, 0) is 0 Å². The Morgan fingerprint density at radius 2 is 2.15 bits per heavy atom. The molecule has 1 amide bonds. The van der Waals surface area contributed by atoms with Gasteiger partial charge in [0.05, 0.1) is 17.4 Å². The molecule has 0 radical (unpaired) electrons. The van der Waals surface area contributed by atoms with Crippen molar-refractivity contribution in [2.45, 2.75) is 52.5 Å². The summed E-state index contributed by atoms with van der Waals surface area (Å²) in [5.74, 6) is 1.34. The minimum absolute atomic E-state index is 0.0212. The topological polar surface area (TPSA) is 89.4 Å². The highest BCUT2D eigenvalue weighted by Gasteiger charge is 2.35. The van der Waals surface area contributed by atoms with Crippen LogP contribution >= 0.6 is 0 Å². The number of aryl methyl sites for hydroxylation is 2. The Morgan fingerprint density at radius 1 is 1.35 bits per heavy atom. The van der Waals surface area contributed by atoms with E-state index in [0.717, 1.165) is 35.6 Å². The molecule has 136 valence electrons. The molecule has 4 heterocycles. The summed E-state index contributed by atoms with van der Waals surface area (Å²) in [6.07, 6.45) is 3.31. The molecular weight excluding hydrogens is 332 g/mol. The van der Waals surface area contributed by atoms with Gasteiger partial charge < -0.3 is 9.42 Å². The fourth-order valence-electron chi connectivity index (χ4n) is 3.78. The molecular formula is C18H22N6O2. The van der Waals surface area contributed by atoms with Gasteiger partial charge in [-0.25, -0.2) is 9.50 Å². The Balaban J connectivity index is 1.74. The van der Waals surface area contributed by atoms with Crippen LogP contribution in [-0.4, -0.2) is 42.1 Å². The van der Waals surface area contributed by atoms with Crippen molar-refractivity contribution in [2.24, 2.45) is 0 Å². The summed E-state index contributed by atoms with van der Waals surface area (Å²) in [6, 6.07) is 1.81. The number of amides is 1. The Labute approximate surface area is 151 Å². The molecule has 1 fully saturated rings. The van der Waals surface area contributed by atoms with Gasteiger partial charge in [-0.1, -0.05) is 19.0 Å². The van der Waals surface area contributed by atoms with Crippen LogP contribution < -0.4 is 0 Å². The van der Waals surface area contributed by atoms with Crippen molar-refractivity contribution in [2.75, 3.05) is 6.54 Å². The molecule has 26 heavy (non-hydrogen) atoms. The average Bonchev–Trinajstić information content (AvgIpc) is 3.33. The summed E-state index contributed by atoms with van der Waals surface area (Å²) >= 11 is 0. The van der Waals surface area contributed by atoms with Crippen LogP contribution in [0.2, 0.25) is 0 Å². The fraction of sp³-hybridized carbons (Fsp3) is 0.500. The van der Waals surface area contributed by atoms with E-state index in [1.807, 2.05) is 24.8 Å². The predicted octanol–water partition coefficient (Wildman–Crippen LogP) is 2.83. The quantitative estimate of drug-likeness (QED) is 0.718. The molecule has 0 unspecified atom stereocenters. The second-order valence-corrected chi connectivity index (χ2v) is 7.09. The SMILES string of the molecule is Cc1noc(C)c1[C@@H]1CCCN1C(=O)c1cc(C(C)C)n2ncnc2n1. The van der Waals surface area contributed by atoms with Crippen LogP contribution in [0.4, 0.5) is 0 Å². The van der Waals surface area contributed by atoms with Crippen molar-refractivity contribution < 1.29 is 9.32 Å². The maximum absolute atomic E-state index is 13.3. The Kier molecular flexibility index (Phi) is 3.97. The van der Waals surface area contributed by atoms with Gasteiger partial charge in [0.1, 0.15) is 17.8 Å². The molecule has 0 aromatic carbocycles. The Morgan fingerprint density at radius 3 is 2.85 bits per heavy atom. The van der Waals surface area contributed by atoms with Crippen molar-refractivity contribution in [3.05, 3.63) is 40.8 Å². The molecule has 8 heteroatoms. The van der Waals surface area contributed by atoms with E-state index in [4.69, 9.17) is 4.52 Å². The molecule has 8 nitrogen and oxygen atoms in total. The van der Waals surface area contributed by atoms with Gasteiger partial charge in [0.25, 0.3) is 11.7 Å². The van der Waals surface area contributed by atoms with Crippen molar-refractivity contribution in [1.29, 1.82) is 0 Å². The molecule has 1 aliphatic rings. The van der Waals surface area contributed by atoms with E-state index in [1.54, 1.807) is 4.52 Å². The summed E-state index contributed by atoms with van der Waals surface area (Å²) in [4.78, 5) is 23.8. The summed E-state index contributed by atoms with van der Waals surface area (Å²) in [5, 5.41) is 8.26. The monoisotopic (exact) mass is 354 g/mol. The number of aromatic nitrogens is 5. The number of carbonyl (C=O) groups is 1. The zero-order chi connectivity index (χ0) is 18.4. The lowest BCUT2D eigenvalue weighted by atomic mass is 10.0. The van der Waals surface area contributed by atoms with Crippen molar-refractivity contribution in [3.8, 4) is 0 Å². The molecule has 1 saturated heterocycles. The highest BCUT2D eigenvalue weighted by molar-refractivity contribution is 5.93. The van der Waals surface area contributed by atoms with Crippen LogP contribution in [0.3, 0.4) is 0 Å². The van der Waals surface area contributed by atoms with E-state index in [0.29, 0.717) is 18.0 Å². The molecule has 0 bridgehead atoms. The first-order chi connectivity index (χ1) is 12.5. The van der Waals surface area contributed by atoms with Gasteiger partial charge in [0.2, 0.25) is 0 Å². The molecule has 0 spiro atoms. The van der Waals surface area contributed by atoms with Gasteiger partial charge in [-0.15, -0.1) is 0 Å². The number of fused-ring (bicyclic) bond motifs is 1. The first-order valence-electron chi connectivity index (χ1n) is 8.91. The molecule has 0 saturated carbocycles. The zero-order valence-corrected chi connectivity index (χ0v) is 15.4. The van der Waals surface area contributed by atoms with Crippen LogP contribution in [0.5, 0.6) is 0 Å². The van der Waals surface area contributed by atoms with Gasteiger partial charge in [-0.05, 0) is 38.7 Å². The van der Waals surface area contributed by atoms with E-state index < -0.39 is 0 Å². The maximum atomic E-state index is 13.3. The van der Waals surface area contributed by atoms with Crippen molar-refractivity contribution in [1.82, 2.24) is 29.6 Å². The Bertz CT molecular complexity index is 954.